The maximum absolute atomic E-state index is 12.8. The predicted octanol–water partition coefficient (Wildman–Crippen LogP) is 2.69. The summed E-state index contributed by atoms with van der Waals surface area (Å²) < 4.78 is 39.8. The summed E-state index contributed by atoms with van der Waals surface area (Å²) in [5.41, 5.74) is 0.352. The zero-order chi connectivity index (χ0) is 21.3. The van der Waals surface area contributed by atoms with Gasteiger partial charge in [0.1, 0.15) is 12.1 Å². The number of anilines is 1. The molecular weight excluding hydrogens is 423 g/mol. The van der Waals surface area contributed by atoms with E-state index < -0.39 is 11.7 Å². The number of nitrogens with zero attached hydrogens (tertiary/aromatic N) is 7. The minimum atomic E-state index is -4.50. The minimum absolute atomic E-state index is 0.0669. The topological polar surface area (TPSA) is 80.0 Å². The second-order valence-corrected chi connectivity index (χ2v) is 7.01. The number of pyridine rings is 1. The van der Waals surface area contributed by atoms with Crippen molar-refractivity contribution in [2.24, 2.45) is 0 Å². The van der Waals surface area contributed by atoms with Gasteiger partial charge in [0, 0.05) is 37.9 Å². The van der Waals surface area contributed by atoms with Crippen LogP contribution in [0.4, 0.5) is 19.0 Å². The molecule has 0 N–H and O–H groups in total. The normalized spacial score (nSPS) is 14.8. The van der Waals surface area contributed by atoms with Gasteiger partial charge in [0.2, 0.25) is 0 Å². The van der Waals surface area contributed by atoms with Crippen molar-refractivity contribution in [3.8, 4) is 5.69 Å². The second-order valence-electron chi connectivity index (χ2n) is 6.61. The maximum atomic E-state index is 12.8. The van der Waals surface area contributed by atoms with Gasteiger partial charge in [-0.15, -0.1) is 5.10 Å². The minimum Gasteiger partial charge on any atom is -0.352 e. The van der Waals surface area contributed by atoms with Crippen LogP contribution in [-0.2, 0) is 6.18 Å². The number of carbonyl (C=O) groups is 1. The van der Waals surface area contributed by atoms with Gasteiger partial charge in [-0.05, 0) is 40.8 Å². The quantitative estimate of drug-likeness (QED) is 0.627. The fourth-order valence-electron chi connectivity index (χ4n) is 3.16. The third kappa shape index (κ3) is 4.06. The molecule has 1 saturated heterocycles. The molecule has 3 aromatic rings. The highest BCUT2D eigenvalue weighted by Crippen LogP contribution is 2.33. The van der Waals surface area contributed by atoms with E-state index in [-0.39, 0.29) is 16.7 Å². The van der Waals surface area contributed by atoms with Gasteiger partial charge < -0.3 is 9.80 Å². The Morgan fingerprint density at radius 3 is 2.33 bits per heavy atom. The molecule has 4 rings (SSSR count). The number of piperazine rings is 1. The maximum Gasteiger partial charge on any atom is 0.417 e. The molecule has 1 aliphatic rings. The molecule has 0 spiro atoms. The van der Waals surface area contributed by atoms with Crippen LogP contribution in [0.15, 0.2) is 42.9 Å². The van der Waals surface area contributed by atoms with Gasteiger partial charge in [0.15, 0.2) is 0 Å². The lowest BCUT2D eigenvalue weighted by molar-refractivity contribution is -0.137. The van der Waals surface area contributed by atoms with E-state index in [2.05, 4.69) is 20.5 Å². The highest BCUT2D eigenvalue weighted by atomic mass is 35.5. The van der Waals surface area contributed by atoms with Crippen molar-refractivity contribution >= 4 is 23.3 Å². The molecule has 156 valence electrons. The monoisotopic (exact) mass is 437 g/mol. The Balaban J connectivity index is 1.40. The highest BCUT2D eigenvalue weighted by Gasteiger charge is 2.32. The molecule has 30 heavy (non-hydrogen) atoms. The van der Waals surface area contributed by atoms with E-state index in [1.54, 1.807) is 34.1 Å². The molecule has 0 atom stereocenters. The third-order valence-electron chi connectivity index (χ3n) is 4.74. The van der Waals surface area contributed by atoms with Crippen molar-refractivity contribution in [3.63, 3.8) is 0 Å². The lowest BCUT2D eigenvalue weighted by atomic mass is 10.1. The molecule has 2 aromatic heterocycles. The summed E-state index contributed by atoms with van der Waals surface area (Å²) in [6.45, 7) is 1.61. The molecule has 1 aliphatic heterocycles. The number of amides is 1. The van der Waals surface area contributed by atoms with E-state index in [9.17, 15) is 18.0 Å². The molecule has 0 saturated carbocycles. The summed E-state index contributed by atoms with van der Waals surface area (Å²) in [4.78, 5) is 20.1. The van der Waals surface area contributed by atoms with Crippen LogP contribution in [-0.4, -0.2) is 62.2 Å². The van der Waals surface area contributed by atoms with E-state index in [0.29, 0.717) is 31.7 Å². The van der Waals surface area contributed by atoms with Gasteiger partial charge in [-0.2, -0.15) is 13.2 Å². The number of hydrogen-bond acceptors (Lipinski definition) is 6. The second kappa shape index (κ2) is 7.90. The molecule has 8 nitrogen and oxygen atoms in total. The number of aromatic nitrogens is 5. The number of benzene rings is 1. The smallest absolute Gasteiger partial charge is 0.352 e. The average molecular weight is 438 g/mol. The average Bonchev–Trinajstić information content (AvgIpc) is 3.28. The Kier molecular flexibility index (Phi) is 5.29. The summed E-state index contributed by atoms with van der Waals surface area (Å²) >= 11 is 6.02. The van der Waals surface area contributed by atoms with E-state index >= 15 is 0 Å². The van der Waals surface area contributed by atoms with Crippen molar-refractivity contribution in [1.82, 2.24) is 30.1 Å². The first-order valence-electron chi connectivity index (χ1n) is 8.93. The number of rotatable bonds is 3. The van der Waals surface area contributed by atoms with Gasteiger partial charge in [-0.25, -0.2) is 9.67 Å². The number of hydrogen-bond donors (Lipinski definition) is 0. The van der Waals surface area contributed by atoms with Crippen molar-refractivity contribution in [2.45, 2.75) is 6.18 Å². The van der Waals surface area contributed by atoms with Crippen LogP contribution in [0.25, 0.3) is 5.69 Å². The van der Waals surface area contributed by atoms with Gasteiger partial charge in [0.25, 0.3) is 5.91 Å². The van der Waals surface area contributed by atoms with E-state index in [4.69, 9.17) is 11.6 Å². The van der Waals surface area contributed by atoms with Gasteiger partial charge in [-0.1, -0.05) is 11.6 Å². The van der Waals surface area contributed by atoms with E-state index in [1.807, 2.05) is 0 Å². The van der Waals surface area contributed by atoms with Crippen LogP contribution < -0.4 is 4.90 Å². The molecule has 0 radical (unpaired) electrons. The van der Waals surface area contributed by atoms with Crippen LogP contribution >= 0.6 is 11.6 Å². The molecule has 1 aromatic carbocycles. The van der Waals surface area contributed by atoms with Crippen LogP contribution in [0.2, 0.25) is 5.02 Å². The summed E-state index contributed by atoms with van der Waals surface area (Å²) in [6.07, 6.45) is -2.28. The molecule has 1 fully saturated rings. The first kappa shape index (κ1) is 20.1. The molecule has 0 unspecified atom stereocenters. The lowest BCUT2D eigenvalue weighted by Gasteiger charge is -2.35. The predicted molar refractivity (Wildman–Crippen MR) is 102 cm³/mol. The fourth-order valence-corrected chi connectivity index (χ4v) is 3.44. The lowest BCUT2D eigenvalue weighted by Crippen LogP contribution is -2.49. The first-order chi connectivity index (χ1) is 14.3. The van der Waals surface area contributed by atoms with Crippen LogP contribution in [0.5, 0.6) is 0 Å². The SMILES string of the molecule is O=C(c1ccc(-n2cnnn2)cc1)N1CCN(c2ncc(C(F)(F)F)cc2Cl)CC1. The van der Waals surface area contributed by atoms with Gasteiger partial charge in [0.05, 0.1) is 16.3 Å². The Labute approximate surface area is 173 Å². The Bertz CT molecular complexity index is 1030. The fraction of sp³-hybridized carbons (Fsp3) is 0.278. The van der Waals surface area contributed by atoms with Crippen molar-refractivity contribution in [2.75, 3.05) is 31.1 Å². The zero-order valence-electron chi connectivity index (χ0n) is 15.4. The van der Waals surface area contributed by atoms with Crippen LogP contribution in [0, 0.1) is 0 Å². The summed E-state index contributed by atoms with van der Waals surface area (Å²) in [7, 11) is 0. The number of halogens is 4. The summed E-state index contributed by atoms with van der Waals surface area (Å²) in [5, 5.41) is 10.9. The molecular formula is C18H15ClF3N7O. The first-order valence-corrected chi connectivity index (χ1v) is 9.31. The molecule has 0 bridgehead atoms. The number of carbonyl (C=O) groups excluding carboxylic acids is 1. The molecule has 12 heteroatoms. The molecule has 3 heterocycles. The Hall–Kier alpha value is -3.21. The van der Waals surface area contributed by atoms with E-state index in [1.165, 1.54) is 11.0 Å². The van der Waals surface area contributed by atoms with Crippen molar-refractivity contribution in [3.05, 3.63) is 59.0 Å². The third-order valence-corrected chi connectivity index (χ3v) is 5.02. The standard InChI is InChI=1S/C18H15ClF3N7O/c19-15-9-13(18(20,21)22)10-23-16(15)27-5-7-28(8-6-27)17(30)12-1-3-14(4-2-12)29-11-24-25-26-29/h1-4,9-11H,5-8H2. The summed E-state index contributed by atoms with van der Waals surface area (Å²) in [5.74, 6) is 0.145. The Morgan fingerprint density at radius 2 is 1.77 bits per heavy atom. The molecule has 0 aliphatic carbocycles. The van der Waals surface area contributed by atoms with Gasteiger partial charge in [-0.3, -0.25) is 4.79 Å². The largest absolute Gasteiger partial charge is 0.417 e. The highest BCUT2D eigenvalue weighted by molar-refractivity contribution is 6.33. The van der Waals surface area contributed by atoms with E-state index in [0.717, 1.165) is 18.0 Å². The van der Waals surface area contributed by atoms with Crippen LogP contribution in [0.1, 0.15) is 15.9 Å². The number of tetrazole rings is 1. The summed E-state index contributed by atoms with van der Waals surface area (Å²) in [6, 6.07) is 7.74. The molecule has 1 amide bonds. The van der Waals surface area contributed by atoms with Gasteiger partial charge >= 0.3 is 6.18 Å². The zero-order valence-corrected chi connectivity index (χ0v) is 16.2. The van der Waals surface area contributed by atoms with Crippen molar-refractivity contribution in [1.29, 1.82) is 0 Å². The Morgan fingerprint density at radius 1 is 1.07 bits per heavy atom. The number of alkyl halides is 3. The van der Waals surface area contributed by atoms with Crippen molar-refractivity contribution < 1.29 is 18.0 Å². The van der Waals surface area contributed by atoms with Crippen LogP contribution in [0.3, 0.4) is 0 Å².